The smallest absolute Gasteiger partial charge is 0.320 e. The first-order chi connectivity index (χ1) is 12.2. The topological polar surface area (TPSA) is 91.7 Å². The number of carbonyl (C=O) groups excluding carboxylic acids is 1. The lowest BCUT2D eigenvalue weighted by atomic mass is 10.2. The first-order valence-electron chi connectivity index (χ1n) is 8.43. The average Bonchev–Trinajstić information content (AvgIpc) is 3.10. The first-order valence-corrected chi connectivity index (χ1v) is 8.43. The minimum Gasteiger partial charge on any atom is -0.338 e. The van der Waals surface area contributed by atoms with Gasteiger partial charge in [-0.05, 0) is 5.56 Å². The minimum atomic E-state index is 0. The summed E-state index contributed by atoms with van der Waals surface area (Å²) in [4.78, 5) is 22.7. The van der Waals surface area contributed by atoms with Crippen LogP contribution < -0.4 is 5.73 Å². The van der Waals surface area contributed by atoms with Gasteiger partial charge in [-0.15, -0.1) is 12.4 Å². The summed E-state index contributed by atoms with van der Waals surface area (Å²) >= 11 is 0. The number of carbonyl (C=O) groups is 1. The summed E-state index contributed by atoms with van der Waals surface area (Å²) in [5, 5.41) is 3.91. The van der Waals surface area contributed by atoms with Gasteiger partial charge in [0.15, 0.2) is 5.82 Å². The molecular weight excluding hydrogens is 356 g/mol. The van der Waals surface area contributed by atoms with Crippen LogP contribution in [-0.2, 0) is 19.6 Å². The van der Waals surface area contributed by atoms with Crippen molar-refractivity contribution in [2.75, 3.05) is 33.2 Å². The molecule has 0 unspecified atom stereocenters. The predicted octanol–water partition coefficient (Wildman–Crippen LogP) is 1.32. The highest BCUT2D eigenvalue weighted by atomic mass is 35.5. The van der Waals surface area contributed by atoms with Gasteiger partial charge in [-0.25, -0.2) is 4.79 Å². The molecule has 2 N–H and O–H groups in total. The van der Waals surface area contributed by atoms with Crippen LogP contribution in [0.15, 0.2) is 34.9 Å². The fourth-order valence-electron chi connectivity index (χ4n) is 2.90. The molecule has 0 spiro atoms. The van der Waals surface area contributed by atoms with Gasteiger partial charge in [0, 0.05) is 39.8 Å². The largest absolute Gasteiger partial charge is 0.338 e. The second-order valence-electron chi connectivity index (χ2n) is 6.20. The maximum absolute atomic E-state index is 12.6. The molecule has 26 heavy (non-hydrogen) atoms. The lowest BCUT2D eigenvalue weighted by Gasteiger charge is -2.36. The molecule has 142 valence electrons. The van der Waals surface area contributed by atoms with E-state index in [0.717, 1.165) is 18.7 Å². The summed E-state index contributed by atoms with van der Waals surface area (Å²) in [5.74, 6) is 1.09. The zero-order valence-electron chi connectivity index (χ0n) is 14.9. The highest BCUT2D eigenvalue weighted by Crippen LogP contribution is 2.10. The van der Waals surface area contributed by atoms with Gasteiger partial charge in [0.2, 0.25) is 5.89 Å². The van der Waals surface area contributed by atoms with Crippen molar-refractivity contribution < 1.29 is 9.32 Å². The molecule has 0 aliphatic carbocycles. The van der Waals surface area contributed by atoms with Crippen LogP contribution in [0.1, 0.15) is 17.3 Å². The molecule has 3 rings (SSSR count). The van der Waals surface area contributed by atoms with Gasteiger partial charge < -0.3 is 20.1 Å². The Balaban J connectivity index is 0.00000243. The number of nitrogens with two attached hydrogens (primary N) is 1. The van der Waals surface area contributed by atoms with Crippen LogP contribution >= 0.6 is 12.4 Å². The zero-order valence-corrected chi connectivity index (χ0v) is 15.7. The molecule has 2 heterocycles. The number of halogens is 1. The average molecular weight is 381 g/mol. The van der Waals surface area contributed by atoms with E-state index in [9.17, 15) is 4.79 Å². The quantitative estimate of drug-likeness (QED) is 0.841. The molecule has 0 atom stereocenters. The molecule has 0 saturated carbocycles. The fraction of sp³-hybridized carbons (Fsp3) is 0.471. The van der Waals surface area contributed by atoms with E-state index < -0.39 is 0 Å². The molecule has 1 aliphatic rings. The molecule has 1 aromatic carbocycles. The molecule has 0 radical (unpaired) electrons. The van der Waals surface area contributed by atoms with Crippen LogP contribution in [0.5, 0.6) is 0 Å². The van der Waals surface area contributed by atoms with Crippen molar-refractivity contribution in [2.24, 2.45) is 5.73 Å². The molecule has 1 fully saturated rings. The summed E-state index contributed by atoms with van der Waals surface area (Å²) in [6.07, 6.45) is 0. The Morgan fingerprint density at radius 3 is 2.54 bits per heavy atom. The molecule has 8 nitrogen and oxygen atoms in total. The number of benzene rings is 1. The molecule has 1 saturated heterocycles. The van der Waals surface area contributed by atoms with Crippen LogP contribution in [0, 0.1) is 0 Å². The number of nitrogens with zero attached hydrogens (tertiary/aromatic N) is 5. The minimum absolute atomic E-state index is 0. The Morgan fingerprint density at radius 2 is 1.92 bits per heavy atom. The van der Waals surface area contributed by atoms with E-state index in [1.54, 1.807) is 4.90 Å². The van der Waals surface area contributed by atoms with Crippen molar-refractivity contribution in [3.05, 3.63) is 47.6 Å². The van der Waals surface area contributed by atoms with E-state index in [1.807, 2.05) is 42.3 Å². The predicted molar refractivity (Wildman–Crippen MR) is 99.6 cm³/mol. The van der Waals surface area contributed by atoms with Gasteiger partial charge in [-0.1, -0.05) is 35.5 Å². The number of urea groups is 1. The zero-order chi connectivity index (χ0) is 17.6. The van der Waals surface area contributed by atoms with Crippen molar-refractivity contribution in [1.82, 2.24) is 24.8 Å². The third-order valence-electron chi connectivity index (χ3n) is 4.28. The van der Waals surface area contributed by atoms with Crippen molar-refractivity contribution in [2.45, 2.75) is 19.6 Å². The van der Waals surface area contributed by atoms with Crippen molar-refractivity contribution in [1.29, 1.82) is 0 Å². The summed E-state index contributed by atoms with van der Waals surface area (Å²) in [6, 6.07) is 10.1. The van der Waals surface area contributed by atoms with E-state index in [0.29, 0.717) is 37.9 Å². The van der Waals surface area contributed by atoms with Crippen molar-refractivity contribution >= 4 is 18.4 Å². The van der Waals surface area contributed by atoms with Gasteiger partial charge in [-0.3, -0.25) is 4.90 Å². The van der Waals surface area contributed by atoms with E-state index in [1.165, 1.54) is 0 Å². The Hall–Kier alpha value is -2.16. The van der Waals surface area contributed by atoms with Crippen molar-refractivity contribution in [3.8, 4) is 0 Å². The Bertz CT molecular complexity index is 688. The van der Waals surface area contributed by atoms with Crippen LogP contribution in [0.3, 0.4) is 0 Å². The normalized spacial score (nSPS) is 14.8. The maximum Gasteiger partial charge on any atom is 0.320 e. The van der Waals surface area contributed by atoms with E-state index in [2.05, 4.69) is 15.0 Å². The lowest BCUT2D eigenvalue weighted by molar-refractivity contribution is 0.112. The lowest BCUT2D eigenvalue weighted by Crippen LogP contribution is -2.51. The van der Waals surface area contributed by atoms with E-state index in [4.69, 9.17) is 10.3 Å². The SMILES string of the molecule is CN(Cc1ccccc1)C(=O)N1CCN(Cc2noc(CN)n2)CC1.Cl. The number of amides is 2. The molecule has 2 aromatic rings. The number of rotatable bonds is 5. The maximum atomic E-state index is 12.6. The molecule has 0 bridgehead atoms. The second-order valence-corrected chi connectivity index (χ2v) is 6.20. The Labute approximate surface area is 159 Å². The van der Waals surface area contributed by atoms with Crippen molar-refractivity contribution in [3.63, 3.8) is 0 Å². The van der Waals surface area contributed by atoms with Gasteiger partial charge >= 0.3 is 6.03 Å². The highest BCUT2D eigenvalue weighted by molar-refractivity contribution is 5.85. The summed E-state index contributed by atoms with van der Waals surface area (Å²) in [5.41, 5.74) is 6.60. The van der Waals surface area contributed by atoms with Crippen LogP contribution in [0.2, 0.25) is 0 Å². The fourth-order valence-corrected chi connectivity index (χ4v) is 2.90. The molecular formula is C17H25ClN6O2. The van der Waals surface area contributed by atoms with Crippen LogP contribution in [0.25, 0.3) is 0 Å². The van der Waals surface area contributed by atoms with Gasteiger partial charge in [-0.2, -0.15) is 4.98 Å². The van der Waals surface area contributed by atoms with Gasteiger partial charge in [0.1, 0.15) is 0 Å². The molecule has 1 aromatic heterocycles. The van der Waals surface area contributed by atoms with Crippen LogP contribution in [-0.4, -0.2) is 64.1 Å². The second kappa shape index (κ2) is 9.51. The number of hydrogen-bond donors (Lipinski definition) is 1. The number of piperazine rings is 1. The third-order valence-corrected chi connectivity index (χ3v) is 4.28. The number of hydrogen-bond acceptors (Lipinski definition) is 6. The molecule has 1 aliphatic heterocycles. The summed E-state index contributed by atoms with van der Waals surface area (Å²) in [6.45, 7) is 4.45. The monoisotopic (exact) mass is 380 g/mol. The standard InChI is InChI=1S/C17H24N6O2.ClH/c1-21(12-14-5-3-2-4-6-14)17(24)23-9-7-22(8-10-23)13-15-19-16(11-18)25-20-15;/h2-6H,7-13,18H2,1H3;1H. The van der Waals surface area contributed by atoms with Gasteiger partial charge in [0.05, 0.1) is 13.1 Å². The van der Waals surface area contributed by atoms with E-state index >= 15 is 0 Å². The molecule has 2 amide bonds. The molecule has 9 heteroatoms. The van der Waals surface area contributed by atoms with E-state index in [-0.39, 0.29) is 25.0 Å². The Morgan fingerprint density at radius 1 is 1.23 bits per heavy atom. The Kier molecular flexibility index (Phi) is 7.38. The first kappa shape index (κ1) is 20.2. The summed E-state index contributed by atoms with van der Waals surface area (Å²) in [7, 11) is 1.84. The summed E-state index contributed by atoms with van der Waals surface area (Å²) < 4.78 is 5.02. The highest BCUT2D eigenvalue weighted by Gasteiger charge is 2.24. The van der Waals surface area contributed by atoms with Crippen LogP contribution in [0.4, 0.5) is 4.79 Å². The van der Waals surface area contributed by atoms with Gasteiger partial charge in [0.25, 0.3) is 0 Å². The number of aromatic nitrogens is 2. The third kappa shape index (κ3) is 5.17.